The minimum atomic E-state index is -4.42. The monoisotopic (exact) mass is 331 g/mol. The van der Waals surface area contributed by atoms with Crippen molar-refractivity contribution in [2.24, 2.45) is 0 Å². The van der Waals surface area contributed by atoms with Crippen LogP contribution in [-0.4, -0.2) is 27.1 Å². The van der Waals surface area contributed by atoms with E-state index < -0.39 is 23.8 Å². The van der Waals surface area contributed by atoms with Gasteiger partial charge in [0, 0.05) is 6.54 Å². The highest BCUT2D eigenvalue weighted by molar-refractivity contribution is 7.07. The topological polar surface area (TPSA) is 75.1 Å². The van der Waals surface area contributed by atoms with Gasteiger partial charge in [-0.3, -0.25) is 4.79 Å². The highest BCUT2D eigenvalue weighted by Gasteiger charge is 2.30. The normalized spacial score (nSPS) is 13.0. The number of aliphatic hydroxyl groups excluding tert-OH is 1. The summed E-state index contributed by atoms with van der Waals surface area (Å²) in [5.41, 5.74) is -0.0298. The number of aliphatic hydroxyl groups is 1. The zero-order valence-electron chi connectivity index (χ0n) is 11.4. The first-order valence-electron chi connectivity index (χ1n) is 6.21. The molecule has 0 bridgehead atoms. The van der Waals surface area contributed by atoms with Crippen molar-refractivity contribution in [1.82, 2.24) is 14.9 Å². The number of nitrogens with one attached hydrogen (secondary N) is 1. The van der Waals surface area contributed by atoms with Gasteiger partial charge in [0.2, 0.25) is 0 Å². The van der Waals surface area contributed by atoms with E-state index in [0.29, 0.717) is 10.6 Å². The van der Waals surface area contributed by atoms with Gasteiger partial charge in [-0.2, -0.15) is 13.2 Å². The molecule has 1 aromatic heterocycles. The summed E-state index contributed by atoms with van der Waals surface area (Å²) < 4.78 is 40.9. The minimum Gasteiger partial charge on any atom is -0.387 e. The summed E-state index contributed by atoms with van der Waals surface area (Å²) in [6, 6.07) is 4.13. The number of aryl methyl sites for hydroxylation is 1. The van der Waals surface area contributed by atoms with Gasteiger partial charge < -0.3 is 10.4 Å². The third-order valence-corrected chi connectivity index (χ3v) is 3.76. The molecule has 1 amide bonds. The fourth-order valence-electron chi connectivity index (χ4n) is 1.72. The molecule has 1 atom stereocenters. The average molecular weight is 331 g/mol. The van der Waals surface area contributed by atoms with Crippen LogP contribution in [-0.2, 0) is 6.18 Å². The Hall–Kier alpha value is -2.00. The van der Waals surface area contributed by atoms with Gasteiger partial charge in [0.25, 0.3) is 5.91 Å². The first kappa shape index (κ1) is 16.4. The van der Waals surface area contributed by atoms with Crippen LogP contribution in [0.25, 0.3) is 0 Å². The number of amides is 1. The third-order valence-electron chi connectivity index (χ3n) is 2.94. The van der Waals surface area contributed by atoms with Crippen molar-refractivity contribution in [3.63, 3.8) is 0 Å². The number of alkyl halides is 3. The van der Waals surface area contributed by atoms with E-state index in [1.165, 1.54) is 12.1 Å². The van der Waals surface area contributed by atoms with Gasteiger partial charge >= 0.3 is 6.18 Å². The number of nitrogens with zero attached hydrogens (tertiary/aromatic N) is 2. The lowest BCUT2D eigenvalue weighted by Gasteiger charge is -2.13. The number of carbonyl (C=O) groups is 1. The van der Waals surface area contributed by atoms with Crippen molar-refractivity contribution in [3.8, 4) is 0 Å². The molecule has 1 heterocycles. The van der Waals surface area contributed by atoms with E-state index in [1.807, 2.05) is 0 Å². The highest BCUT2D eigenvalue weighted by atomic mass is 32.1. The Morgan fingerprint density at radius 3 is 2.50 bits per heavy atom. The molecule has 0 radical (unpaired) electrons. The van der Waals surface area contributed by atoms with E-state index in [0.717, 1.165) is 23.7 Å². The Balaban J connectivity index is 1.96. The summed E-state index contributed by atoms with van der Waals surface area (Å²) in [4.78, 5) is 12.1. The lowest BCUT2D eigenvalue weighted by molar-refractivity contribution is -0.137. The van der Waals surface area contributed by atoms with E-state index in [9.17, 15) is 23.1 Å². The van der Waals surface area contributed by atoms with Crippen LogP contribution in [0.3, 0.4) is 0 Å². The van der Waals surface area contributed by atoms with Crippen LogP contribution in [0.1, 0.15) is 32.6 Å². The second-order valence-corrected chi connectivity index (χ2v) is 5.29. The largest absolute Gasteiger partial charge is 0.416 e. The molecule has 0 saturated heterocycles. The van der Waals surface area contributed by atoms with E-state index in [2.05, 4.69) is 14.9 Å². The number of benzene rings is 1. The highest BCUT2D eigenvalue weighted by Crippen LogP contribution is 2.29. The van der Waals surface area contributed by atoms with Crippen molar-refractivity contribution < 1.29 is 23.1 Å². The number of halogens is 3. The lowest BCUT2D eigenvalue weighted by atomic mass is 10.1. The summed E-state index contributed by atoms with van der Waals surface area (Å²) in [5.74, 6) is -0.432. The van der Waals surface area contributed by atoms with Crippen LogP contribution in [0.15, 0.2) is 24.3 Å². The van der Waals surface area contributed by atoms with E-state index >= 15 is 0 Å². The summed E-state index contributed by atoms with van der Waals surface area (Å²) in [5, 5.41) is 16.1. The Bertz CT molecular complexity index is 655. The van der Waals surface area contributed by atoms with Crippen LogP contribution in [0.2, 0.25) is 0 Å². The van der Waals surface area contributed by atoms with Crippen LogP contribution in [0.5, 0.6) is 0 Å². The average Bonchev–Trinajstić information content (AvgIpc) is 2.90. The molecular formula is C13H12F3N3O2S. The molecule has 0 saturated carbocycles. The molecule has 0 fully saturated rings. The van der Waals surface area contributed by atoms with Crippen LogP contribution in [0, 0.1) is 6.92 Å². The second kappa shape index (κ2) is 6.41. The lowest BCUT2D eigenvalue weighted by Crippen LogP contribution is -2.28. The Kier molecular flexibility index (Phi) is 4.77. The molecule has 1 aromatic carbocycles. The van der Waals surface area contributed by atoms with Crippen LogP contribution in [0.4, 0.5) is 13.2 Å². The number of aromatic nitrogens is 2. The molecule has 0 aliphatic rings. The van der Waals surface area contributed by atoms with E-state index in [-0.39, 0.29) is 12.1 Å². The molecule has 0 unspecified atom stereocenters. The predicted octanol–water partition coefficient (Wildman–Crippen LogP) is 2.33. The molecule has 2 N–H and O–H groups in total. The van der Waals surface area contributed by atoms with E-state index in [4.69, 9.17) is 0 Å². The summed E-state index contributed by atoms with van der Waals surface area (Å²) in [6.45, 7) is 1.51. The number of hydrogen-bond acceptors (Lipinski definition) is 5. The van der Waals surface area contributed by atoms with Gasteiger partial charge in [0.1, 0.15) is 4.88 Å². The molecule has 118 valence electrons. The first-order chi connectivity index (χ1) is 10.3. The minimum absolute atomic E-state index is 0.123. The van der Waals surface area contributed by atoms with Crippen LogP contribution >= 0.6 is 11.5 Å². The Morgan fingerprint density at radius 1 is 1.36 bits per heavy atom. The van der Waals surface area contributed by atoms with Gasteiger partial charge in [-0.25, -0.2) is 0 Å². The summed E-state index contributed by atoms with van der Waals surface area (Å²) >= 11 is 0.930. The van der Waals surface area contributed by atoms with Crippen molar-refractivity contribution in [1.29, 1.82) is 0 Å². The van der Waals surface area contributed by atoms with Gasteiger partial charge in [-0.1, -0.05) is 16.6 Å². The van der Waals surface area contributed by atoms with Crippen molar-refractivity contribution in [2.75, 3.05) is 6.54 Å². The molecule has 0 aliphatic heterocycles. The van der Waals surface area contributed by atoms with E-state index in [1.54, 1.807) is 6.92 Å². The number of carbonyl (C=O) groups excluding carboxylic acids is 1. The Labute approximate surface area is 128 Å². The van der Waals surface area contributed by atoms with Gasteiger partial charge in [-0.15, -0.1) is 5.10 Å². The molecule has 9 heteroatoms. The Morgan fingerprint density at radius 2 is 2.00 bits per heavy atom. The molecule has 2 rings (SSSR count). The SMILES string of the molecule is Cc1nnsc1C(=O)NC[C@@H](O)c1ccc(C(F)(F)F)cc1. The van der Waals surface area contributed by atoms with Crippen LogP contribution < -0.4 is 5.32 Å². The summed E-state index contributed by atoms with van der Waals surface area (Å²) in [7, 11) is 0. The smallest absolute Gasteiger partial charge is 0.387 e. The maximum Gasteiger partial charge on any atom is 0.416 e. The number of rotatable bonds is 4. The zero-order valence-corrected chi connectivity index (χ0v) is 12.2. The molecule has 22 heavy (non-hydrogen) atoms. The van der Waals surface area contributed by atoms with Crippen molar-refractivity contribution in [3.05, 3.63) is 46.0 Å². The zero-order chi connectivity index (χ0) is 16.3. The first-order valence-corrected chi connectivity index (χ1v) is 6.98. The molecular weight excluding hydrogens is 319 g/mol. The van der Waals surface area contributed by atoms with Gasteiger partial charge in [-0.05, 0) is 36.2 Å². The fraction of sp³-hybridized carbons (Fsp3) is 0.308. The third kappa shape index (κ3) is 3.80. The fourth-order valence-corrected chi connectivity index (χ4v) is 2.29. The van der Waals surface area contributed by atoms with Crippen molar-refractivity contribution >= 4 is 17.4 Å². The number of hydrogen-bond donors (Lipinski definition) is 2. The second-order valence-electron chi connectivity index (χ2n) is 4.53. The van der Waals surface area contributed by atoms with Gasteiger partial charge in [0.05, 0.1) is 17.4 Å². The molecule has 0 spiro atoms. The molecule has 0 aliphatic carbocycles. The standard InChI is InChI=1S/C13H12F3N3O2S/c1-7-11(22-19-18-7)12(21)17-6-10(20)8-2-4-9(5-3-8)13(14,15)16/h2-5,10,20H,6H2,1H3,(H,17,21)/t10-/m1/s1. The summed E-state index contributed by atoms with van der Waals surface area (Å²) in [6.07, 6.45) is -5.53. The quantitative estimate of drug-likeness (QED) is 0.902. The van der Waals surface area contributed by atoms with Gasteiger partial charge in [0.15, 0.2) is 0 Å². The maximum atomic E-state index is 12.4. The maximum absolute atomic E-state index is 12.4. The molecule has 2 aromatic rings. The van der Waals surface area contributed by atoms with Crippen molar-refractivity contribution in [2.45, 2.75) is 19.2 Å². The molecule has 5 nitrogen and oxygen atoms in total. The predicted molar refractivity (Wildman–Crippen MR) is 73.4 cm³/mol.